The van der Waals surface area contributed by atoms with E-state index in [-0.39, 0.29) is 0 Å². The van der Waals surface area contributed by atoms with E-state index < -0.39 is 4.75 Å². The Labute approximate surface area is 35.7 Å². The lowest BCUT2D eigenvalue weighted by atomic mass is 11.7. The van der Waals surface area contributed by atoms with Crippen LogP contribution in [0.4, 0.5) is 0 Å². The predicted octanol–water partition coefficient (Wildman–Crippen LogP) is 0.532. The van der Waals surface area contributed by atoms with Crippen LogP contribution >= 0.6 is 25.2 Å². The van der Waals surface area contributed by atoms with Gasteiger partial charge in [0.2, 0.25) is 0 Å². The second-order valence-corrected chi connectivity index (χ2v) is 2.92. The number of hydrogen-bond donors (Lipinski definition) is 1. The van der Waals surface area contributed by atoms with E-state index >= 15 is 0 Å². The van der Waals surface area contributed by atoms with Gasteiger partial charge in [0.15, 0.2) is 0 Å². The van der Waals surface area contributed by atoms with Crippen molar-refractivity contribution < 1.29 is 5.11 Å². The third-order valence-electron chi connectivity index (χ3n) is 0. The van der Waals surface area contributed by atoms with Gasteiger partial charge in [0.1, 0.15) is 4.75 Å². The van der Waals surface area contributed by atoms with E-state index in [1.54, 1.807) is 0 Å². The van der Waals surface area contributed by atoms with Crippen molar-refractivity contribution in [3.63, 3.8) is 0 Å². The molecule has 0 aliphatic carbocycles. The fourth-order valence-electron chi connectivity index (χ4n) is 0. The fourth-order valence-corrected chi connectivity index (χ4v) is 0. The Bertz CT molecular complexity index is 12.8. The van der Waals surface area contributed by atoms with Crippen LogP contribution in [0.3, 0.4) is 0 Å². The van der Waals surface area contributed by atoms with Gasteiger partial charge in [-0.05, 0) is 0 Å². The van der Waals surface area contributed by atoms with Crippen molar-refractivity contribution in [3.05, 3.63) is 0 Å². The van der Waals surface area contributed by atoms with Crippen molar-refractivity contribution in [1.82, 2.24) is 0 Å². The zero-order valence-corrected chi connectivity index (χ0v) is 4.72. The summed E-state index contributed by atoms with van der Waals surface area (Å²) in [7, 11) is 2.13. The van der Waals surface area contributed by atoms with E-state index in [1.165, 1.54) is 0 Å². The highest BCUT2D eigenvalue weighted by atomic mass is 79.9. The van der Waals surface area contributed by atoms with Crippen LogP contribution in [-0.2, 0) is 0 Å². The van der Waals surface area contributed by atoms with Crippen LogP contribution in [0.5, 0.6) is 0 Å². The molecule has 0 saturated heterocycles. The molecule has 26 valence electrons. The molecule has 1 N–H and O–H groups in total. The molecule has 0 saturated carbocycles. The molecule has 0 spiro atoms. The summed E-state index contributed by atoms with van der Waals surface area (Å²) in [6.45, 7) is 0. The summed E-state index contributed by atoms with van der Waals surface area (Å²) in [4.78, 5) is 0. The Morgan fingerprint density at radius 3 is 2.00 bits per heavy atom. The molecule has 0 rings (SSSR count). The van der Waals surface area contributed by atoms with Crippen molar-refractivity contribution >= 4 is 25.2 Å². The van der Waals surface area contributed by atoms with Crippen LogP contribution in [0.25, 0.3) is 0 Å². The molecule has 0 aromatic rings. The summed E-state index contributed by atoms with van der Waals surface area (Å²) in [5.74, 6) is 0. The van der Waals surface area contributed by atoms with E-state index in [0.29, 0.717) is 0 Å². The number of aliphatic hydroxyl groups excluding tert-OH is 1. The van der Waals surface area contributed by atoms with Gasteiger partial charge in [0, 0.05) is 0 Å². The zero-order valence-electron chi connectivity index (χ0n) is 1.98. The van der Waals surface area contributed by atoms with Gasteiger partial charge in [-0.1, -0.05) is 25.2 Å². The molecule has 0 aromatic heterocycles. The first kappa shape index (κ1) is 4.87. The van der Waals surface area contributed by atoms with Crippen LogP contribution < -0.4 is 0 Å². The maximum atomic E-state index is 7.94. The number of alkyl halides is 1. The van der Waals surface area contributed by atoms with E-state index in [2.05, 4.69) is 25.2 Å². The molecule has 0 bridgehead atoms. The Balaban J connectivity index is 2.32. The Kier molecular flexibility index (Phi) is 2.59. The lowest BCUT2D eigenvalue weighted by Crippen LogP contribution is -1.70. The molecule has 0 aromatic carbocycles. The lowest BCUT2D eigenvalue weighted by Gasteiger charge is -1.77. The molecule has 0 radical (unpaired) electrons. The molecule has 3 heteroatoms. The number of halogens is 1. The Hall–Kier alpha value is 0.870. The highest BCUT2D eigenvalue weighted by Gasteiger charge is 1.72. The second-order valence-electron chi connectivity index (χ2n) is 0.373. The molecule has 0 aliphatic rings. The quantitative estimate of drug-likeness (QED) is 0.387. The summed E-state index contributed by atoms with van der Waals surface area (Å²) in [5, 5.41) is 7.94. The molecule has 0 heterocycles. The SMILES string of the molecule is OC(P)Br. The van der Waals surface area contributed by atoms with Crippen LogP contribution in [0.15, 0.2) is 0 Å². The first-order chi connectivity index (χ1) is 1.73. The molecular formula is CH4BrOP. The third kappa shape index (κ3) is 13.3. The van der Waals surface area contributed by atoms with Crippen molar-refractivity contribution in [3.8, 4) is 0 Å². The van der Waals surface area contributed by atoms with E-state index in [9.17, 15) is 0 Å². The monoisotopic (exact) mass is 142 g/mol. The van der Waals surface area contributed by atoms with E-state index in [0.717, 1.165) is 0 Å². The molecule has 4 heavy (non-hydrogen) atoms. The summed E-state index contributed by atoms with van der Waals surface area (Å²) in [5.41, 5.74) is 0. The average Bonchev–Trinajstić information content (AvgIpc) is 0.811. The minimum atomic E-state index is -0.438. The molecule has 2 unspecified atom stereocenters. The summed E-state index contributed by atoms with van der Waals surface area (Å²) >= 11 is 2.79. The maximum absolute atomic E-state index is 7.94. The first-order valence-corrected chi connectivity index (χ1v) is 2.39. The van der Waals surface area contributed by atoms with Gasteiger partial charge in [0.25, 0.3) is 0 Å². The van der Waals surface area contributed by atoms with Crippen LogP contribution in [0.2, 0.25) is 0 Å². The zero-order chi connectivity index (χ0) is 3.58. The number of rotatable bonds is 0. The molecule has 1 nitrogen and oxygen atoms in total. The van der Waals surface area contributed by atoms with Gasteiger partial charge in [-0.3, -0.25) is 0 Å². The van der Waals surface area contributed by atoms with Gasteiger partial charge in [0.05, 0.1) is 0 Å². The van der Waals surface area contributed by atoms with Crippen LogP contribution in [0.1, 0.15) is 0 Å². The summed E-state index contributed by atoms with van der Waals surface area (Å²) in [6.07, 6.45) is 0. The van der Waals surface area contributed by atoms with Crippen molar-refractivity contribution in [2.75, 3.05) is 0 Å². The van der Waals surface area contributed by atoms with Gasteiger partial charge in [-0.15, -0.1) is 0 Å². The fraction of sp³-hybridized carbons (Fsp3) is 1.00. The standard InChI is InChI=1S/CH4BrOP/c2-1(3)4/h1,3H,4H2. The smallest absolute Gasteiger partial charge is 0.122 e. The maximum Gasteiger partial charge on any atom is 0.122 e. The second kappa shape index (κ2) is 2.13. The molecule has 2 atom stereocenters. The minimum absolute atomic E-state index is 0.438. The van der Waals surface area contributed by atoms with E-state index in [4.69, 9.17) is 5.11 Å². The Morgan fingerprint density at radius 2 is 2.00 bits per heavy atom. The highest BCUT2D eigenvalue weighted by Crippen LogP contribution is 1.99. The summed E-state index contributed by atoms with van der Waals surface area (Å²) < 4.78 is -0.438. The van der Waals surface area contributed by atoms with Gasteiger partial charge in [-0.25, -0.2) is 0 Å². The predicted molar refractivity (Wildman–Crippen MR) is 24.6 cm³/mol. The van der Waals surface area contributed by atoms with Crippen molar-refractivity contribution in [2.45, 2.75) is 4.75 Å². The first-order valence-electron chi connectivity index (χ1n) is 0.810. The highest BCUT2D eigenvalue weighted by molar-refractivity contribution is 9.10. The van der Waals surface area contributed by atoms with Crippen LogP contribution in [-0.4, -0.2) is 9.86 Å². The topological polar surface area (TPSA) is 20.2 Å². The minimum Gasteiger partial charge on any atom is -0.378 e. The van der Waals surface area contributed by atoms with Crippen molar-refractivity contribution in [1.29, 1.82) is 0 Å². The van der Waals surface area contributed by atoms with E-state index in [1.807, 2.05) is 0 Å². The summed E-state index contributed by atoms with van der Waals surface area (Å²) in [6, 6.07) is 0. The Morgan fingerprint density at radius 1 is 2.00 bits per heavy atom. The largest absolute Gasteiger partial charge is 0.378 e. The van der Waals surface area contributed by atoms with Gasteiger partial charge < -0.3 is 5.11 Å². The molecular weight excluding hydrogens is 139 g/mol. The number of aliphatic hydroxyl groups is 1. The molecule has 0 aliphatic heterocycles. The molecule has 0 amide bonds. The van der Waals surface area contributed by atoms with Crippen molar-refractivity contribution in [2.24, 2.45) is 0 Å². The number of hydrogen-bond acceptors (Lipinski definition) is 1. The van der Waals surface area contributed by atoms with Gasteiger partial charge >= 0.3 is 0 Å². The van der Waals surface area contributed by atoms with Crippen LogP contribution in [0, 0.1) is 0 Å². The average molecular weight is 143 g/mol. The normalized spacial score (nSPS) is 15.8. The lowest BCUT2D eigenvalue weighted by molar-refractivity contribution is 0.351. The molecule has 0 fully saturated rings. The van der Waals surface area contributed by atoms with Gasteiger partial charge in [-0.2, -0.15) is 0 Å². The third-order valence-corrected chi connectivity index (χ3v) is 0.